The predicted molar refractivity (Wildman–Crippen MR) is 89.9 cm³/mol. The van der Waals surface area contributed by atoms with Gasteiger partial charge < -0.3 is 5.32 Å². The second kappa shape index (κ2) is 6.82. The molecule has 1 aliphatic carbocycles. The van der Waals surface area contributed by atoms with Crippen molar-refractivity contribution in [1.82, 2.24) is 10.2 Å². The summed E-state index contributed by atoms with van der Waals surface area (Å²) in [7, 11) is 2.06. The first-order valence-electron chi connectivity index (χ1n) is 8.75. The lowest BCUT2D eigenvalue weighted by molar-refractivity contribution is -0.125. The number of benzene rings is 1. The first-order valence-corrected chi connectivity index (χ1v) is 8.75. The van der Waals surface area contributed by atoms with Crippen molar-refractivity contribution in [2.75, 3.05) is 20.1 Å². The molecule has 1 aromatic carbocycles. The van der Waals surface area contributed by atoms with Gasteiger partial charge in [0.15, 0.2) is 0 Å². The minimum absolute atomic E-state index is 0.0800. The largest absolute Gasteiger partial charge is 0.354 e. The maximum Gasteiger partial charge on any atom is 0.237 e. The Labute approximate surface area is 134 Å². The Hall–Kier alpha value is -1.35. The van der Waals surface area contributed by atoms with Crippen molar-refractivity contribution in [3.63, 3.8) is 0 Å². The highest BCUT2D eigenvalue weighted by Crippen LogP contribution is 2.39. The molecule has 1 aromatic rings. The molecular formula is C19H28N2O. The fourth-order valence-corrected chi connectivity index (χ4v) is 4.20. The van der Waals surface area contributed by atoms with E-state index in [1.165, 1.54) is 37.7 Å². The van der Waals surface area contributed by atoms with E-state index in [0.29, 0.717) is 0 Å². The maximum absolute atomic E-state index is 12.5. The van der Waals surface area contributed by atoms with E-state index in [4.69, 9.17) is 0 Å². The van der Waals surface area contributed by atoms with Crippen LogP contribution in [0.25, 0.3) is 0 Å². The number of likely N-dealkylation sites (tertiary alicyclic amines) is 1. The van der Waals surface area contributed by atoms with Gasteiger partial charge in [-0.1, -0.05) is 49.6 Å². The third kappa shape index (κ3) is 3.19. The molecule has 1 heterocycles. The zero-order valence-electron chi connectivity index (χ0n) is 13.7. The molecule has 1 aliphatic heterocycles. The molecule has 1 atom stereocenters. The van der Waals surface area contributed by atoms with Crippen LogP contribution in [-0.2, 0) is 10.2 Å². The zero-order chi connectivity index (χ0) is 15.4. The van der Waals surface area contributed by atoms with E-state index < -0.39 is 0 Å². The number of carbonyl (C=O) groups is 1. The van der Waals surface area contributed by atoms with Crippen LogP contribution >= 0.6 is 0 Å². The fourth-order valence-electron chi connectivity index (χ4n) is 4.20. The molecule has 0 aromatic heterocycles. The van der Waals surface area contributed by atoms with Gasteiger partial charge in [0.05, 0.1) is 6.04 Å². The summed E-state index contributed by atoms with van der Waals surface area (Å²) in [4.78, 5) is 14.7. The van der Waals surface area contributed by atoms with E-state index in [-0.39, 0.29) is 17.4 Å². The first kappa shape index (κ1) is 15.5. The first-order chi connectivity index (χ1) is 10.7. The molecule has 22 heavy (non-hydrogen) atoms. The summed E-state index contributed by atoms with van der Waals surface area (Å²) in [5.74, 6) is 0.223. The van der Waals surface area contributed by atoms with E-state index >= 15 is 0 Å². The quantitative estimate of drug-likeness (QED) is 0.926. The van der Waals surface area contributed by atoms with E-state index in [9.17, 15) is 4.79 Å². The van der Waals surface area contributed by atoms with Crippen LogP contribution in [0.15, 0.2) is 30.3 Å². The summed E-state index contributed by atoms with van der Waals surface area (Å²) in [6.45, 7) is 1.84. The fraction of sp³-hybridized carbons (Fsp3) is 0.632. The third-order valence-corrected chi connectivity index (χ3v) is 5.62. The summed E-state index contributed by atoms with van der Waals surface area (Å²) >= 11 is 0. The molecule has 3 nitrogen and oxygen atoms in total. The molecule has 0 radical (unpaired) electrons. The van der Waals surface area contributed by atoms with Gasteiger partial charge in [-0.2, -0.15) is 0 Å². The number of nitrogens with zero attached hydrogens (tertiary/aromatic N) is 1. The smallest absolute Gasteiger partial charge is 0.237 e. The summed E-state index contributed by atoms with van der Waals surface area (Å²) in [6, 6.07) is 10.9. The van der Waals surface area contributed by atoms with Crippen molar-refractivity contribution in [2.24, 2.45) is 0 Å². The molecule has 2 fully saturated rings. The topological polar surface area (TPSA) is 32.3 Å². The molecule has 1 N–H and O–H groups in total. The molecule has 2 aliphatic rings. The molecular weight excluding hydrogens is 272 g/mol. The zero-order valence-corrected chi connectivity index (χ0v) is 13.7. The molecule has 1 saturated heterocycles. The summed E-state index contributed by atoms with van der Waals surface area (Å²) in [5, 5.41) is 3.28. The maximum atomic E-state index is 12.5. The number of hydrogen-bond acceptors (Lipinski definition) is 2. The minimum atomic E-state index is 0.0800. The molecule has 3 rings (SSSR count). The number of likely N-dealkylation sites (N-methyl/N-ethyl adjacent to an activating group) is 1. The van der Waals surface area contributed by atoms with E-state index in [2.05, 4.69) is 47.6 Å². The Bertz CT molecular complexity index is 493. The van der Waals surface area contributed by atoms with Crippen LogP contribution in [0.4, 0.5) is 0 Å². The number of amides is 1. The molecule has 0 bridgehead atoms. The molecule has 3 heteroatoms. The molecule has 0 spiro atoms. The lowest BCUT2D eigenvalue weighted by atomic mass is 9.69. The second-order valence-corrected chi connectivity index (χ2v) is 7.06. The second-order valence-electron chi connectivity index (χ2n) is 7.06. The number of nitrogens with one attached hydrogen (secondary N) is 1. The molecule has 1 amide bonds. The van der Waals surface area contributed by atoms with Gasteiger partial charge in [-0.3, -0.25) is 9.69 Å². The summed E-state index contributed by atoms with van der Waals surface area (Å²) in [6.07, 6.45) is 8.39. The Morgan fingerprint density at radius 3 is 2.55 bits per heavy atom. The minimum Gasteiger partial charge on any atom is -0.354 e. The Morgan fingerprint density at radius 1 is 1.18 bits per heavy atom. The molecule has 0 unspecified atom stereocenters. The van der Waals surface area contributed by atoms with Crippen LogP contribution in [-0.4, -0.2) is 37.0 Å². The Kier molecular flexibility index (Phi) is 4.82. The average molecular weight is 300 g/mol. The van der Waals surface area contributed by atoms with Gasteiger partial charge in [-0.15, -0.1) is 0 Å². The van der Waals surface area contributed by atoms with E-state index in [0.717, 1.165) is 25.9 Å². The standard InChI is InChI=1S/C19H28N2O/c1-21-14-8-11-17(21)18(22)20-15-19(12-6-3-7-13-19)16-9-4-2-5-10-16/h2,4-5,9-10,17H,3,6-8,11-15H2,1H3,(H,20,22)/t17-/m0/s1. The highest BCUT2D eigenvalue weighted by atomic mass is 16.2. The normalized spacial score (nSPS) is 25.0. The van der Waals surface area contributed by atoms with Crippen LogP contribution in [0.1, 0.15) is 50.5 Å². The van der Waals surface area contributed by atoms with Crippen LogP contribution in [0.3, 0.4) is 0 Å². The third-order valence-electron chi connectivity index (χ3n) is 5.62. The van der Waals surface area contributed by atoms with Crippen LogP contribution in [0, 0.1) is 0 Å². The number of hydrogen-bond donors (Lipinski definition) is 1. The van der Waals surface area contributed by atoms with Gasteiger partial charge in [-0.05, 0) is 44.8 Å². The SMILES string of the molecule is CN1CCC[C@H]1C(=O)NCC1(c2ccccc2)CCCCC1. The summed E-state index contributed by atoms with van der Waals surface area (Å²) in [5.41, 5.74) is 1.54. The lowest BCUT2D eigenvalue weighted by Gasteiger charge is -2.38. The number of carbonyl (C=O) groups excluding carboxylic acids is 1. The molecule has 120 valence electrons. The monoisotopic (exact) mass is 300 g/mol. The van der Waals surface area contributed by atoms with Crippen molar-refractivity contribution >= 4 is 5.91 Å². The van der Waals surface area contributed by atoms with Gasteiger partial charge in [-0.25, -0.2) is 0 Å². The van der Waals surface area contributed by atoms with Crippen LogP contribution < -0.4 is 5.32 Å². The van der Waals surface area contributed by atoms with Crippen molar-refractivity contribution in [3.8, 4) is 0 Å². The van der Waals surface area contributed by atoms with Gasteiger partial charge in [0.2, 0.25) is 5.91 Å². The van der Waals surface area contributed by atoms with Gasteiger partial charge in [0, 0.05) is 12.0 Å². The molecule has 1 saturated carbocycles. The van der Waals surface area contributed by atoms with E-state index in [1.807, 2.05) is 0 Å². The van der Waals surface area contributed by atoms with E-state index in [1.54, 1.807) is 0 Å². The summed E-state index contributed by atoms with van der Waals surface area (Å²) < 4.78 is 0. The van der Waals surface area contributed by atoms with Crippen molar-refractivity contribution < 1.29 is 4.79 Å². The van der Waals surface area contributed by atoms with Crippen molar-refractivity contribution in [2.45, 2.75) is 56.4 Å². The van der Waals surface area contributed by atoms with Gasteiger partial charge >= 0.3 is 0 Å². The van der Waals surface area contributed by atoms with Gasteiger partial charge in [0.25, 0.3) is 0 Å². The Balaban J connectivity index is 1.70. The van der Waals surface area contributed by atoms with Gasteiger partial charge in [0.1, 0.15) is 0 Å². The van der Waals surface area contributed by atoms with Crippen molar-refractivity contribution in [3.05, 3.63) is 35.9 Å². The predicted octanol–water partition coefficient (Wildman–Crippen LogP) is 3.10. The lowest BCUT2D eigenvalue weighted by Crippen LogP contribution is -2.47. The van der Waals surface area contributed by atoms with Crippen LogP contribution in [0.5, 0.6) is 0 Å². The van der Waals surface area contributed by atoms with Crippen LogP contribution in [0.2, 0.25) is 0 Å². The number of rotatable bonds is 4. The average Bonchev–Trinajstić information content (AvgIpc) is 3.00. The highest BCUT2D eigenvalue weighted by molar-refractivity contribution is 5.82. The Morgan fingerprint density at radius 2 is 1.91 bits per heavy atom. The highest BCUT2D eigenvalue weighted by Gasteiger charge is 2.35. The van der Waals surface area contributed by atoms with Crippen molar-refractivity contribution in [1.29, 1.82) is 0 Å².